The van der Waals surface area contributed by atoms with E-state index in [0.717, 1.165) is 42.6 Å². The van der Waals surface area contributed by atoms with E-state index in [1.165, 1.54) is 0 Å². The van der Waals surface area contributed by atoms with Crippen LogP contribution in [0.5, 0.6) is 0 Å². The number of nitrogens with zero attached hydrogens (tertiary/aromatic N) is 1. The molecular formula is C21H27N3O2S. The molecule has 0 amide bonds. The van der Waals surface area contributed by atoms with E-state index in [2.05, 4.69) is 28.2 Å². The molecule has 2 rings (SSSR count). The molecule has 27 heavy (non-hydrogen) atoms. The minimum atomic E-state index is -3.15. The van der Waals surface area contributed by atoms with E-state index >= 15 is 0 Å². The molecule has 0 aliphatic carbocycles. The third-order valence-corrected chi connectivity index (χ3v) is 6.19. The van der Waals surface area contributed by atoms with Gasteiger partial charge in [0.15, 0.2) is 0 Å². The summed E-state index contributed by atoms with van der Waals surface area (Å²) < 4.78 is 25.9. The van der Waals surface area contributed by atoms with E-state index in [-0.39, 0.29) is 5.25 Å². The van der Waals surface area contributed by atoms with Gasteiger partial charge in [0.2, 0.25) is 10.0 Å². The van der Waals surface area contributed by atoms with Crippen molar-refractivity contribution in [2.75, 3.05) is 18.4 Å². The Hall–Kier alpha value is -2.36. The highest BCUT2D eigenvalue weighted by atomic mass is 32.2. The number of unbranched alkanes of at least 4 members (excludes halogenated alkanes) is 2. The monoisotopic (exact) mass is 385 g/mol. The Balaban J connectivity index is 1.69. The largest absolute Gasteiger partial charge is 0.385 e. The Morgan fingerprint density at radius 1 is 0.889 bits per heavy atom. The molecule has 0 saturated heterocycles. The zero-order valence-corrected chi connectivity index (χ0v) is 16.7. The first-order chi connectivity index (χ1) is 12.9. The molecule has 0 fully saturated rings. The first kappa shape index (κ1) is 20.9. The third kappa shape index (κ3) is 6.70. The van der Waals surface area contributed by atoms with Crippen molar-refractivity contribution < 1.29 is 8.42 Å². The Morgan fingerprint density at radius 3 is 2.00 bits per heavy atom. The van der Waals surface area contributed by atoms with Crippen molar-refractivity contribution in [3.63, 3.8) is 0 Å². The van der Waals surface area contributed by atoms with Gasteiger partial charge in [0.25, 0.3) is 0 Å². The minimum absolute atomic E-state index is 0.383. The van der Waals surface area contributed by atoms with Crippen LogP contribution in [0.15, 0.2) is 48.5 Å². The summed E-state index contributed by atoms with van der Waals surface area (Å²) in [7, 11) is -3.15. The van der Waals surface area contributed by atoms with Crippen LogP contribution < -0.4 is 10.0 Å². The van der Waals surface area contributed by atoms with Crippen molar-refractivity contribution in [1.29, 1.82) is 5.26 Å². The molecule has 2 N–H and O–H groups in total. The van der Waals surface area contributed by atoms with Crippen LogP contribution >= 0.6 is 0 Å². The minimum Gasteiger partial charge on any atom is -0.385 e. The van der Waals surface area contributed by atoms with Crippen molar-refractivity contribution in [3.05, 3.63) is 54.1 Å². The molecule has 0 heterocycles. The fraction of sp³-hybridized carbons (Fsp3) is 0.381. The first-order valence-corrected chi connectivity index (χ1v) is 10.8. The quantitative estimate of drug-likeness (QED) is 0.602. The van der Waals surface area contributed by atoms with E-state index in [1.807, 2.05) is 36.4 Å². The van der Waals surface area contributed by atoms with Crippen molar-refractivity contribution >= 4 is 15.7 Å². The van der Waals surface area contributed by atoms with Crippen LogP contribution in [0.2, 0.25) is 0 Å². The lowest BCUT2D eigenvalue weighted by Gasteiger charge is -2.10. The van der Waals surface area contributed by atoms with Crippen molar-refractivity contribution in [3.8, 4) is 17.2 Å². The topological polar surface area (TPSA) is 82.0 Å². The average Bonchev–Trinajstić information content (AvgIpc) is 2.67. The number of sulfonamides is 1. The number of hydrogen-bond donors (Lipinski definition) is 2. The molecule has 0 bridgehead atoms. The van der Waals surface area contributed by atoms with Crippen LogP contribution in [0.4, 0.5) is 5.69 Å². The van der Waals surface area contributed by atoms with E-state index in [9.17, 15) is 8.42 Å². The molecule has 5 nitrogen and oxygen atoms in total. The SMILES string of the molecule is CC(C)S(=O)(=O)NCCCCCNc1ccc(-c2ccc(C#N)cc2)cc1. The Kier molecular flexibility index (Phi) is 7.83. The lowest BCUT2D eigenvalue weighted by Crippen LogP contribution is -2.31. The van der Waals surface area contributed by atoms with Crippen LogP contribution in [-0.2, 0) is 10.0 Å². The summed E-state index contributed by atoms with van der Waals surface area (Å²) in [5, 5.41) is 11.9. The number of benzene rings is 2. The predicted octanol–water partition coefficient (Wildman–Crippen LogP) is 4.14. The summed E-state index contributed by atoms with van der Waals surface area (Å²) in [6, 6.07) is 17.9. The summed E-state index contributed by atoms with van der Waals surface area (Å²) in [4.78, 5) is 0. The van der Waals surface area contributed by atoms with Gasteiger partial charge < -0.3 is 5.32 Å². The maximum absolute atomic E-state index is 11.6. The summed E-state index contributed by atoms with van der Waals surface area (Å²) in [6.45, 7) is 4.71. The molecule has 6 heteroatoms. The molecule has 0 atom stereocenters. The fourth-order valence-corrected chi connectivity index (χ4v) is 3.32. The van der Waals surface area contributed by atoms with Crippen molar-refractivity contribution in [2.24, 2.45) is 0 Å². The standard InChI is InChI=1S/C21H27N3O2S/c1-17(2)27(25,26)24-15-5-3-4-14-23-21-12-10-20(11-13-21)19-8-6-18(16-22)7-9-19/h6-13,17,23-24H,3-5,14-15H2,1-2H3. The molecule has 0 spiro atoms. The number of nitrogens with one attached hydrogen (secondary N) is 2. The average molecular weight is 386 g/mol. The maximum Gasteiger partial charge on any atom is 0.213 e. The molecule has 0 unspecified atom stereocenters. The number of anilines is 1. The van der Waals surface area contributed by atoms with E-state index in [4.69, 9.17) is 5.26 Å². The molecule has 0 aliphatic rings. The summed E-state index contributed by atoms with van der Waals surface area (Å²) in [5.41, 5.74) is 3.92. The van der Waals surface area contributed by atoms with Crippen molar-refractivity contribution in [1.82, 2.24) is 4.72 Å². The molecule has 0 saturated carbocycles. The molecule has 0 aromatic heterocycles. The van der Waals surface area contributed by atoms with Gasteiger partial charge in [0, 0.05) is 18.8 Å². The van der Waals surface area contributed by atoms with Crippen LogP contribution in [0.3, 0.4) is 0 Å². The molecule has 144 valence electrons. The Morgan fingerprint density at radius 2 is 1.44 bits per heavy atom. The van der Waals surface area contributed by atoms with E-state index in [1.54, 1.807) is 13.8 Å². The molecule has 2 aromatic rings. The maximum atomic E-state index is 11.6. The molecule has 0 aliphatic heterocycles. The van der Waals surface area contributed by atoms with Crippen LogP contribution in [-0.4, -0.2) is 26.8 Å². The van der Waals surface area contributed by atoms with Gasteiger partial charge in [-0.05, 0) is 62.1 Å². The smallest absolute Gasteiger partial charge is 0.213 e. The zero-order valence-electron chi connectivity index (χ0n) is 15.9. The van der Waals surface area contributed by atoms with Gasteiger partial charge in [-0.1, -0.05) is 30.7 Å². The van der Waals surface area contributed by atoms with Crippen molar-refractivity contribution in [2.45, 2.75) is 38.4 Å². The van der Waals surface area contributed by atoms with Gasteiger partial charge in [-0.3, -0.25) is 0 Å². The van der Waals surface area contributed by atoms with Gasteiger partial charge in [0.1, 0.15) is 0 Å². The van der Waals surface area contributed by atoms with Gasteiger partial charge in [-0.25, -0.2) is 13.1 Å². The molecule has 2 aromatic carbocycles. The highest BCUT2D eigenvalue weighted by Gasteiger charge is 2.13. The van der Waals surface area contributed by atoms with Gasteiger partial charge in [0.05, 0.1) is 16.9 Å². The predicted molar refractivity (Wildman–Crippen MR) is 111 cm³/mol. The van der Waals surface area contributed by atoms with Crippen LogP contribution in [0, 0.1) is 11.3 Å². The summed E-state index contributed by atoms with van der Waals surface area (Å²) >= 11 is 0. The fourth-order valence-electron chi connectivity index (χ4n) is 2.56. The zero-order chi connectivity index (χ0) is 19.7. The summed E-state index contributed by atoms with van der Waals surface area (Å²) in [6.07, 6.45) is 2.79. The van der Waals surface area contributed by atoms with E-state index in [0.29, 0.717) is 12.1 Å². The Bertz CT molecular complexity index is 852. The van der Waals surface area contributed by atoms with Crippen LogP contribution in [0.1, 0.15) is 38.7 Å². The van der Waals surface area contributed by atoms with Gasteiger partial charge >= 0.3 is 0 Å². The highest BCUT2D eigenvalue weighted by Crippen LogP contribution is 2.21. The second-order valence-corrected chi connectivity index (χ2v) is 9.06. The molecule has 0 radical (unpaired) electrons. The second-order valence-electron chi connectivity index (χ2n) is 6.74. The summed E-state index contributed by atoms with van der Waals surface area (Å²) in [5.74, 6) is 0. The van der Waals surface area contributed by atoms with Gasteiger partial charge in [-0.15, -0.1) is 0 Å². The second kappa shape index (κ2) is 10.1. The lowest BCUT2D eigenvalue weighted by atomic mass is 10.0. The number of nitriles is 1. The lowest BCUT2D eigenvalue weighted by molar-refractivity contribution is 0.566. The van der Waals surface area contributed by atoms with E-state index < -0.39 is 10.0 Å². The normalized spacial score (nSPS) is 11.3. The number of rotatable bonds is 10. The Labute approximate surface area is 162 Å². The van der Waals surface area contributed by atoms with Crippen LogP contribution in [0.25, 0.3) is 11.1 Å². The highest BCUT2D eigenvalue weighted by molar-refractivity contribution is 7.90. The first-order valence-electron chi connectivity index (χ1n) is 9.25. The number of hydrogen-bond acceptors (Lipinski definition) is 4. The third-order valence-electron chi connectivity index (χ3n) is 4.34. The molecular weight excluding hydrogens is 358 g/mol. The van der Waals surface area contributed by atoms with Gasteiger partial charge in [-0.2, -0.15) is 5.26 Å².